The standard InChI is InChI=1S/C34H44N2O6/c1-24-31(33(38-5)29-12-7-6-11-28(29)32(24)37-4)27(10-8-9-13-30-35-42-34(2,3)41-30)25-14-16-26(17-15-25)40-23-20-36-18-21-39-22-19-36/h6-7,11-12,14-17,27H,8-10,13,18-23H2,1-5H3. The van der Waals surface area contributed by atoms with Crippen molar-refractivity contribution in [3.05, 3.63) is 65.2 Å². The van der Waals surface area contributed by atoms with Crippen molar-refractivity contribution in [2.75, 3.05) is 53.7 Å². The maximum absolute atomic E-state index is 6.14. The van der Waals surface area contributed by atoms with Gasteiger partial charge < -0.3 is 28.5 Å². The Labute approximate surface area is 249 Å². The number of morpholine rings is 1. The van der Waals surface area contributed by atoms with Crippen molar-refractivity contribution in [2.24, 2.45) is 5.16 Å². The fourth-order valence-corrected chi connectivity index (χ4v) is 6.02. The van der Waals surface area contributed by atoms with E-state index in [2.05, 4.69) is 53.4 Å². The number of oxime groups is 1. The van der Waals surface area contributed by atoms with Gasteiger partial charge in [0, 0.05) is 62.2 Å². The van der Waals surface area contributed by atoms with E-state index in [0.29, 0.717) is 12.5 Å². The Morgan fingerprint density at radius 1 is 0.929 bits per heavy atom. The molecule has 0 bridgehead atoms. The minimum atomic E-state index is -0.685. The topological polar surface area (TPSA) is 71.0 Å². The Bertz CT molecular complexity index is 1360. The lowest BCUT2D eigenvalue weighted by atomic mass is 9.82. The zero-order valence-electron chi connectivity index (χ0n) is 25.6. The van der Waals surface area contributed by atoms with E-state index in [9.17, 15) is 0 Å². The van der Waals surface area contributed by atoms with Crippen molar-refractivity contribution in [1.29, 1.82) is 0 Å². The summed E-state index contributed by atoms with van der Waals surface area (Å²) in [4.78, 5) is 7.75. The highest BCUT2D eigenvalue weighted by atomic mass is 16.8. The Balaban J connectivity index is 1.38. The molecule has 226 valence electrons. The first-order chi connectivity index (χ1) is 20.4. The molecule has 1 atom stereocenters. The highest BCUT2D eigenvalue weighted by Gasteiger charge is 2.30. The van der Waals surface area contributed by atoms with Gasteiger partial charge in [0.2, 0.25) is 5.90 Å². The molecule has 0 amide bonds. The van der Waals surface area contributed by atoms with E-state index in [-0.39, 0.29) is 5.92 Å². The van der Waals surface area contributed by atoms with Gasteiger partial charge in [0.1, 0.15) is 23.9 Å². The van der Waals surface area contributed by atoms with E-state index in [1.807, 2.05) is 26.0 Å². The average molecular weight is 577 g/mol. The van der Waals surface area contributed by atoms with Gasteiger partial charge in [-0.15, -0.1) is 0 Å². The van der Waals surface area contributed by atoms with E-state index in [0.717, 1.165) is 97.7 Å². The van der Waals surface area contributed by atoms with E-state index in [1.165, 1.54) is 5.56 Å². The van der Waals surface area contributed by atoms with Crippen LogP contribution in [0.3, 0.4) is 0 Å². The molecule has 1 fully saturated rings. The van der Waals surface area contributed by atoms with Gasteiger partial charge in [-0.3, -0.25) is 4.90 Å². The summed E-state index contributed by atoms with van der Waals surface area (Å²) in [6.07, 6.45) is 3.57. The van der Waals surface area contributed by atoms with Crippen molar-refractivity contribution >= 4 is 16.7 Å². The molecular weight excluding hydrogens is 532 g/mol. The molecule has 8 heteroatoms. The molecule has 2 heterocycles. The lowest BCUT2D eigenvalue weighted by Crippen LogP contribution is -2.38. The van der Waals surface area contributed by atoms with E-state index >= 15 is 0 Å². The van der Waals surface area contributed by atoms with Crippen molar-refractivity contribution in [3.63, 3.8) is 0 Å². The number of fused-ring (bicyclic) bond motifs is 1. The summed E-state index contributed by atoms with van der Waals surface area (Å²) < 4.78 is 29.5. The quantitative estimate of drug-likeness (QED) is 0.211. The van der Waals surface area contributed by atoms with Crippen LogP contribution in [-0.2, 0) is 14.3 Å². The molecule has 0 saturated carbocycles. The zero-order chi connectivity index (χ0) is 29.5. The van der Waals surface area contributed by atoms with Gasteiger partial charge >= 0.3 is 0 Å². The van der Waals surface area contributed by atoms with Crippen LogP contribution in [0, 0.1) is 6.92 Å². The Morgan fingerprint density at radius 2 is 1.62 bits per heavy atom. The second-order valence-corrected chi connectivity index (χ2v) is 11.4. The number of hydrogen-bond donors (Lipinski definition) is 0. The minimum absolute atomic E-state index is 0.0972. The zero-order valence-corrected chi connectivity index (χ0v) is 25.6. The molecule has 2 aliphatic rings. The van der Waals surface area contributed by atoms with E-state index in [1.54, 1.807) is 14.2 Å². The highest BCUT2D eigenvalue weighted by Crippen LogP contribution is 2.47. The third-order valence-corrected chi connectivity index (χ3v) is 8.09. The number of rotatable bonds is 13. The van der Waals surface area contributed by atoms with E-state index < -0.39 is 5.79 Å². The van der Waals surface area contributed by atoms with Gasteiger partial charge in [-0.05, 0) is 48.2 Å². The van der Waals surface area contributed by atoms with Crippen LogP contribution in [0.4, 0.5) is 0 Å². The fraction of sp³-hybridized carbons (Fsp3) is 0.500. The van der Waals surface area contributed by atoms with Gasteiger partial charge in [-0.1, -0.05) is 42.8 Å². The number of hydrogen-bond acceptors (Lipinski definition) is 8. The number of unbranched alkanes of at least 4 members (excludes halogenated alkanes) is 1. The minimum Gasteiger partial charge on any atom is -0.496 e. The van der Waals surface area contributed by atoms with Crippen LogP contribution in [-0.4, -0.2) is 70.3 Å². The summed E-state index contributed by atoms with van der Waals surface area (Å²) in [5, 5.41) is 6.23. The normalized spacial score (nSPS) is 17.3. The Hall–Kier alpha value is -3.49. The predicted octanol–water partition coefficient (Wildman–Crippen LogP) is 6.67. The largest absolute Gasteiger partial charge is 0.496 e. The number of nitrogens with zero attached hydrogens (tertiary/aromatic N) is 2. The van der Waals surface area contributed by atoms with Crippen LogP contribution in [0.5, 0.6) is 17.2 Å². The maximum Gasteiger partial charge on any atom is 0.271 e. The number of ether oxygens (including phenoxy) is 5. The molecule has 1 unspecified atom stereocenters. The van der Waals surface area contributed by atoms with Gasteiger partial charge in [0.25, 0.3) is 5.79 Å². The van der Waals surface area contributed by atoms with Crippen LogP contribution in [0.2, 0.25) is 0 Å². The van der Waals surface area contributed by atoms with Gasteiger partial charge in [-0.2, -0.15) is 0 Å². The Kier molecular flexibility index (Phi) is 9.75. The molecule has 42 heavy (non-hydrogen) atoms. The monoisotopic (exact) mass is 576 g/mol. The Morgan fingerprint density at radius 3 is 2.26 bits per heavy atom. The summed E-state index contributed by atoms with van der Waals surface area (Å²) in [7, 11) is 3.51. The van der Waals surface area contributed by atoms with Crippen LogP contribution in [0.25, 0.3) is 10.8 Å². The molecule has 0 aliphatic carbocycles. The molecular formula is C34H44N2O6. The molecule has 8 nitrogen and oxygen atoms in total. The lowest BCUT2D eigenvalue weighted by molar-refractivity contribution is -0.129. The number of methoxy groups -OCH3 is 2. The molecule has 0 spiro atoms. The first kappa shape index (κ1) is 30.0. The first-order valence-corrected chi connectivity index (χ1v) is 15.0. The van der Waals surface area contributed by atoms with Crippen molar-refractivity contribution in [2.45, 2.75) is 58.2 Å². The highest BCUT2D eigenvalue weighted by molar-refractivity contribution is 5.96. The predicted molar refractivity (Wildman–Crippen MR) is 165 cm³/mol. The second kappa shape index (κ2) is 13.7. The van der Waals surface area contributed by atoms with Crippen molar-refractivity contribution in [3.8, 4) is 17.2 Å². The summed E-state index contributed by atoms with van der Waals surface area (Å²) in [5.74, 6) is 2.75. The molecule has 0 N–H and O–H groups in total. The third kappa shape index (κ3) is 6.93. The fourth-order valence-electron chi connectivity index (χ4n) is 6.02. The molecule has 0 aromatic heterocycles. The molecule has 5 rings (SSSR count). The molecule has 1 saturated heterocycles. The van der Waals surface area contributed by atoms with Crippen LogP contribution >= 0.6 is 0 Å². The molecule has 3 aromatic rings. The summed E-state index contributed by atoms with van der Waals surface area (Å²) in [5.41, 5.74) is 3.48. The van der Waals surface area contributed by atoms with Crippen LogP contribution in [0.15, 0.2) is 53.7 Å². The lowest BCUT2D eigenvalue weighted by Gasteiger charge is -2.27. The van der Waals surface area contributed by atoms with Crippen LogP contribution < -0.4 is 14.2 Å². The maximum atomic E-state index is 6.14. The second-order valence-electron chi connectivity index (χ2n) is 11.4. The summed E-state index contributed by atoms with van der Waals surface area (Å²) in [6.45, 7) is 11.0. The smallest absolute Gasteiger partial charge is 0.271 e. The third-order valence-electron chi connectivity index (χ3n) is 8.09. The van der Waals surface area contributed by atoms with Gasteiger partial charge in [0.15, 0.2) is 0 Å². The summed E-state index contributed by atoms with van der Waals surface area (Å²) >= 11 is 0. The SMILES string of the molecule is COc1c(C)c(C(CCCCC2=NOC(C)(C)O2)c2ccc(OCCN3CCOCC3)cc2)c(OC)c2ccccc12. The molecule has 3 aromatic carbocycles. The van der Waals surface area contributed by atoms with E-state index in [4.69, 9.17) is 28.5 Å². The average Bonchev–Trinajstić information content (AvgIpc) is 3.36. The van der Waals surface area contributed by atoms with Crippen molar-refractivity contribution in [1.82, 2.24) is 4.90 Å². The molecule has 0 radical (unpaired) electrons. The van der Waals surface area contributed by atoms with Gasteiger partial charge in [-0.25, -0.2) is 0 Å². The summed E-state index contributed by atoms with van der Waals surface area (Å²) in [6, 6.07) is 16.8. The van der Waals surface area contributed by atoms with Gasteiger partial charge in [0.05, 0.1) is 27.4 Å². The first-order valence-electron chi connectivity index (χ1n) is 15.0. The molecule has 2 aliphatic heterocycles. The van der Waals surface area contributed by atoms with Crippen LogP contribution in [0.1, 0.15) is 62.1 Å². The number of benzene rings is 3. The van der Waals surface area contributed by atoms with Crippen molar-refractivity contribution < 1.29 is 28.5 Å².